The first-order valence-corrected chi connectivity index (χ1v) is 8.68. The summed E-state index contributed by atoms with van der Waals surface area (Å²) in [5.74, 6) is 0.529. The van der Waals surface area contributed by atoms with Crippen LogP contribution in [0.3, 0.4) is 0 Å². The normalized spacial score (nSPS) is 17.9. The highest BCUT2D eigenvalue weighted by Gasteiger charge is 2.35. The van der Waals surface area contributed by atoms with Crippen molar-refractivity contribution in [3.63, 3.8) is 0 Å². The highest BCUT2D eigenvalue weighted by molar-refractivity contribution is 5.93. The van der Waals surface area contributed by atoms with Crippen LogP contribution in [0.2, 0.25) is 0 Å². The van der Waals surface area contributed by atoms with Gasteiger partial charge in [-0.1, -0.05) is 24.2 Å². The van der Waals surface area contributed by atoms with E-state index in [0.717, 1.165) is 42.9 Å². The van der Waals surface area contributed by atoms with Gasteiger partial charge in [-0.3, -0.25) is 9.48 Å². The molecule has 3 rings (SSSR count). The van der Waals surface area contributed by atoms with Crippen LogP contribution in [0.25, 0.3) is 0 Å². The molecule has 1 atom stereocenters. The van der Waals surface area contributed by atoms with Gasteiger partial charge in [-0.2, -0.15) is 5.10 Å². The second-order valence-corrected chi connectivity index (χ2v) is 6.83. The number of aromatic nitrogens is 4. The second-order valence-electron chi connectivity index (χ2n) is 6.83. The third-order valence-corrected chi connectivity index (χ3v) is 4.48. The fourth-order valence-corrected chi connectivity index (χ4v) is 3.38. The molecule has 0 aliphatic carbocycles. The zero-order chi connectivity index (χ0) is 17.3. The molecular formula is C17H25N5O2. The maximum absolute atomic E-state index is 13.1. The molecule has 2 aromatic heterocycles. The minimum atomic E-state index is -0.0579. The fourth-order valence-electron chi connectivity index (χ4n) is 3.38. The smallest absolute Gasteiger partial charge is 0.272 e. The number of rotatable bonds is 5. The van der Waals surface area contributed by atoms with Crippen LogP contribution in [0.1, 0.15) is 67.2 Å². The lowest BCUT2D eigenvalue weighted by Crippen LogP contribution is -2.32. The van der Waals surface area contributed by atoms with Crippen molar-refractivity contribution < 1.29 is 9.42 Å². The molecule has 1 aliphatic rings. The maximum Gasteiger partial charge on any atom is 0.272 e. The largest absolute Gasteiger partial charge is 0.329 e. The van der Waals surface area contributed by atoms with E-state index >= 15 is 0 Å². The van der Waals surface area contributed by atoms with E-state index in [-0.39, 0.29) is 11.9 Å². The lowest BCUT2D eigenvalue weighted by Gasteiger charge is -2.23. The second kappa shape index (κ2) is 6.75. The molecule has 0 saturated carbocycles. The monoisotopic (exact) mass is 331 g/mol. The van der Waals surface area contributed by atoms with E-state index in [0.29, 0.717) is 18.2 Å². The first-order chi connectivity index (χ1) is 11.5. The number of nitrogens with zero attached hydrogens (tertiary/aromatic N) is 5. The topological polar surface area (TPSA) is 77.0 Å². The van der Waals surface area contributed by atoms with Gasteiger partial charge in [0.2, 0.25) is 0 Å². The van der Waals surface area contributed by atoms with Crippen LogP contribution in [0.4, 0.5) is 0 Å². The Labute approximate surface area is 142 Å². The van der Waals surface area contributed by atoms with Crippen LogP contribution in [0.5, 0.6) is 0 Å². The summed E-state index contributed by atoms with van der Waals surface area (Å²) < 4.78 is 6.64. The molecule has 0 N–H and O–H groups in total. The summed E-state index contributed by atoms with van der Waals surface area (Å²) in [4.78, 5) is 15.0. The van der Waals surface area contributed by atoms with Gasteiger partial charge in [0.05, 0.1) is 11.7 Å². The van der Waals surface area contributed by atoms with Crippen LogP contribution >= 0.6 is 0 Å². The molecule has 0 unspecified atom stereocenters. The van der Waals surface area contributed by atoms with E-state index in [9.17, 15) is 4.79 Å². The Bertz CT molecular complexity index is 718. The average Bonchev–Trinajstić information content (AvgIpc) is 3.24. The molecule has 130 valence electrons. The summed E-state index contributed by atoms with van der Waals surface area (Å²) in [5, 5.41) is 12.5. The van der Waals surface area contributed by atoms with Gasteiger partial charge in [-0.25, -0.2) is 4.63 Å². The summed E-state index contributed by atoms with van der Waals surface area (Å²) in [6, 6.07) is 1.88. The van der Waals surface area contributed by atoms with Gasteiger partial charge >= 0.3 is 0 Å². The highest BCUT2D eigenvalue weighted by Crippen LogP contribution is 2.33. The summed E-state index contributed by atoms with van der Waals surface area (Å²) in [7, 11) is 0. The van der Waals surface area contributed by atoms with Crippen molar-refractivity contribution in [3.8, 4) is 0 Å². The first-order valence-electron chi connectivity index (χ1n) is 8.68. The molecule has 0 aromatic carbocycles. The fraction of sp³-hybridized carbons (Fsp3) is 0.647. The minimum Gasteiger partial charge on any atom is -0.329 e. The Morgan fingerprint density at radius 3 is 2.83 bits per heavy atom. The van der Waals surface area contributed by atoms with Crippen molar-refractivity contribution in [2.45, 2.75) is 59.5 Å². The van der Waals surface area contributed by atoms with Crippen LogP contribution in [-0.2, 0) is 13.0 Å². The quantitative estimate of drug-likeness (QED) is 0.842. The molecule has 1 fully saturated rings. The van der Waals surface area contributed by atoms with E-state index in [4.69, 9.17) is 4.63 Å². The zero-order valence-corrected chi connectivity index (χ0v) is 14.8. The van der Waals surface area contributed by atoms with Gasteiger partial charge in [0.1, 0.15) is 17.1 Å². The van der Waals surface area contributed by atoms with Crippen molar-refractivity contribution in [1.29, 1.82) is 0 Å². The van der Waals surface area contributed by atoms with Crippen molar-refractivity contribution in [2.75, 3.05) is 6.54 Å². The number of hydrogen-bond donors (Lipinski definition) is 0. The molecule has 3 heterocycles. The zero-order valence-electron chi connectivity index (χ0n) is 14.8. The molecule has 7 nitrogen and oxygen atoms in total. The number of carbonyl (C=O) groups excluding carboxylic acids is 1. The molecule has 0 radical (unpaired) electrons. The predicted octanol–water partition coefficient (Wildman–Crippen LogP) is 2.77. The number of hydrogen-bond acceptors (Lipinski definition) is 5. The summed E-state index contributed by atoms with van der Waals surface area (Å²) in [5.41, 5.74) is 3.16. The molecular weight excluding hydrogens is 306 g/mol. The van der Waals surface area contributed by atoms with Crippen molar-refractivity contribution in [2.24, 2.45) is 5.92 Å². The summed E-state index contributed by atoms with van der Waals surface area (Å²) in [6.07, 6.45) is 2.73. The molecule has 24 heavy (non-hydrogen) atoms. The van der Waals surface area contributed by atoms with E-state index in [1.54, 1.807) is 0 Å². The molecule has 7 heteroatoms. The molecule has 1 aliphatic heterocycles. The summed E-state index contributed by atoms with van der Waals surface area (Å²) in [6.45, 7) is 9.60. The van der Waals surface area contributed by atoms with Gasteiger partial charge in [0.25, 0.3) is 5.91 Å². The van der Waals surface area contributed by atoms with Gasteiger partial charge in [0.15, 0.2) is 0 Å². The minimum absolute atomic E-state index is 0.0178. The maximum atomic E-state index is 13.1. The Hall–Kier alpha value is -2.18. The SMILES string of the molecule is CCn1nc(CC(C)C)cc1C(=O)N1CCC[C@H]1c1nonc1C. The van der Waals surface area contributed by atoms with E-state index < -0.39 is 0 Å². The number of amides is 1. The van der Waals surface area contributed by atoms with E-state index in [1.165, 1.54) is 0 Å². The lowest BCUT2D eigenvalue weighted by molar-refractivity contribution is 0.0717. The van der Waals surface area contributed by atoms with Crippen molar-refractivity contribution in [3.05, 3.63) is 28.8 Å². The molecule has 0 bridgehead atoms. The van der Waals surface area contributed by atoms with Gasteiger partial charge < -0.3 is 4.90 Å². The number of aryl methyl sites for hydroxylation is 2. The van der Waals surface area contributed by atoms with E-state index in [1.807, 2.05) is 29.5 Å². The van der Waals surface area contributed by atoms with Crippen molar-refractivity contribution in [1.82, 2.24) is 25.0 Å². The Kier molecular flexibility index (Phi) is 4.69. The molecule has 1 amide bonds. The molecule has 2 aromatic rings. The summed E-state index contributed by atoms with van der Waals surface area (Å²) >= 11 is 0. The molecule has 0 spiro atoms. The Morgan fingerprint density at radius 1 is 1.42 bits per heavy atom. The van der Waals surface area contributed by atoms with Crippen LogP contribution in [0, 0.1) is 12.8 Å². The van der Waals surface area contributed by atoms with Gasteiger partial charge in [0, 0.05) is 13.1 Å². The van der Waals surface area contributed by atoms with Crippen LogP contribution in [-0.4, -0.2) is 37.4 Å². The number of carbonyl (C=O) groups is 1. The number of likely N-dealkylation sites (tertiary alicyclic amines) is 1. The average molecular weight is 331 g/mol. The van der Waals surface area contributed by atoms with Crippen molar-refractivity contribution >= 4 is 5.91 Å². The van der Waals surface area contributed by atoms with Crippen LogP contribution in [0.15, 0.2) is 10.7 Å². The lowest BCUT2D eigenvalue weighted by atomic mass is 10.1. The third-order valence-electron chi connectivity index (χ3n) is 4.48. The first kappa shape index (κ1) is 16.7. The Balaban J connectivity index is 1.88. The standard InChI is InChI=1S/C17H25N5O2/c1-5-22-15(10-13(18-22)9-11(2)3)17(23)21-8-6-7-14(21)16-12(4)19-24-20-16/h10-11,14H,5-9H2,1-4H3/t14-/m0/s1. The van der Waals surface area contributed by atoms with Gasteiger partial charge in [-0.15, -0.1) is 0 Å². The van der Waals surface area contributed by atoms with Gasteiger partial charge in [-0.05, 0) is 45.1 Å². The third kappa shape index (κ3) is 3.07. The highest BCUT2D eigenvalue weighted by atomic mass is 16.6. The molecule has 1 saturated heterocycles. The van der Waals surface area contributed by atoms with Crippen LogP contribution < -0.4 is 0 Å². The van der Waals surface area contributed by atoms with E-state index in [2.05, 4.69) is 29.3 Å². The predicted molar refractivity (Wildman–Crippen MR) is 88.5 cm³/mol. The Morgan fingerprint density at radius 2 is 2.21 bits per heavy atom.